The third-order valence-electron chi connectivity index (χ3n) is 5.40. The van der Waals surface area contributed by atoms with Crippen LogP contribution in [0.25, 0.3) is 0 Å². The van der Waals surface area contributed by atoms with Crippen molar-refractivity contribution in [3.8, 4) is 0 Å². The summed E-state index contributed by atoms with van der Waals surface area (Å²) in [5, 5.41) is 0. The first-order chi connectivity index (χ1) is 14.3. The number of unbranched alkanes of at least 4 members (excludes halogenated alkanes) is 2. The molecule has 0 spiro atoms. The summed E-state index contributed by atoms with van der Waals surface area (Å²) < 4.78 is 5.77. The molecule has 29 heavy (non-hydrogen) atoms. The van der Waals surface area contributed by atoms with Crippen molar-refractivity contribution in [2.75, 3.05) is 0 Å². The molecule has 1 heteroatoms. The van der Waals surface area contributed by atoms with E-state index in [0.29, 0.717) is 11.8 Å². The zero-order chi connectivity index (χ0) is 20.6. The van der Waals surface area contributed by atoms with E-state index in [9.17, 15) is 0 Å². The standard InChI is InChI=1S/C28H38O/c1-3-5-13-27(23-25-15-9-7-10-16-25)19-21-29-22-20-28(14-6-4-2)24-26-17-11-8-12-18-26/h7-12,15-22,27-28H,3-6,13-14,23-24H2,1-2H3. The lowest BCUT2D eigenvalue weighted by molar-refractivity contribution is 0.386. The molecule has 0 aliphatic carbocycles. The molecule has 0 N–H and O–H groups in total. The predicted molar refractivity (Wildman–Crippen MR) is 126 cm³/mol. The van der Waals surface area contributed by atoms with Gasteiger partial charge >= 0.3 is 0 Å². The Bertz CT molecular complexity index is 625. The molecule has 156 valence electrons. The lowest BCUT2D eigenvalue weighted by Crippen LogP contribution is -2.02. The van der Waals surface area contributed by atoms with E-state index in [2.05, 4.69) is 86.7 Å². The average Bonchev–Trinajstić information content (AvgIpc) is 2.76. The van der Waals surface area contributed by atoms with Gasteiger partial charge < -0.3 is 4.74 Å². The maximum Gasteiger partial charge on any atom is 0.0864 e. The molecule has 0 radical (unpaired) electrons. The minimum atomic E-state index is 0.533. The first-order valence-corrected chi connectivity index (χ1v) is 11.4. The summed E-state index contributed by atoms with van der Waals surface area (Å²) in [6, 6.07) is 21.5. The van der Waals surface area contributed by atoms with Gasteiger partial charge in [-0.05, 0) is 60.8 Å². The van der Waals surface area contributed by atoms with Gasteiger partial charge in [0, 0.05) is 0 Å². The van der Waals surface area contributed by atoms with Crippen molar-refractivity contribution in [2.24, 2.45) is 11.8 Å². The Morgan fingerprint density at radius 2 is 1.07 bits per heavy atom. The lowest BCUT2D eigenvalue weighted by Gasteiger charge is -2.13. The first-order valence-electron chi connectivity index (χ1n) is 11.4. The molecule has 2 aromatic rings. The fourth-order valence-electron chi connectivity index (χ4n) is 3.66. The van der Waals surface area contributed by atoms with Gasteiger partial charge in [0.05, 0.1) is 12.5 Å². The molecule has 2 unspecified atom stereocenters. The molecule has 0 aliphatic rings. The van der Waals surface area contributed by atoms with Crippen molar-refractivity contribution in [1.82, 2.24) is 0 Å². The Balaban J connectivity index is 1.87. The predicted octanol–water partition coefficient (Wildman–Crippen LogP) is 8.13. The summed E-state index contributed by atoms with van der Waals surface area (Å²) >= 11 is 0. The van der Waals surface area contributed by atoms with Crippen LogP contribution in [0.5, 0.6) is 0 Å². The Kier molecular flexibility index (Phi) is 11.6. The fraction of sp³-hybridized carbons (Fsp3) is 0.429. The van der Waals surface area contributed by atoms with E-state index in [-0.39, 0.29) is 0 Å². The van der Waals surface area contributed by atoms with Gasteiger partial charge in [-0.3, -0.25) is 0 Å². The van der Waals surface area contributed by atoms with Crippen molar-refractivity contribution in [3.63, 3.8) is 0 Å². The SMILES string of the molecule is CCCCC(C=COC=CC(CCCC)Cc1ccccc1)Cc1ccccc1. The van der Waals surface area contributed by atoms with Gasteiger partial charge in [-0.1, -0.05) is 100 Å². The minimum Gasteiger partial charge on any atom is -0.473 e. The van der Waals surface area contributed by atoms with Crippen molar-refractivity contribution >= 4 is 0 Å². The Morgan fingerprint density at radius 1 is 0.655 bits per heavy atom. The van der Waals surface area contributed by atoms with Gasteiger partial charge in [0.15, 0.2) is 0 Å². The van der Waals surface area contributed by atoms with E-state index in [1.54, 1.807) is 0 Å². The molecule has 0 bridgehead atoms. The van der Waals surface area contributed by atoms with Crippen LogP contribution in [0.4, 0.5) is 0 Å². The second-order valence-electron chi connectivity index (χ2n) is 7.98. The number of ether oxygens (including phenoxy) is 1. The van der Waals surface area contributed by atoms with Gasteiger partial charge in [0.1, 0.15) is 0 Å². The molecule has 0 saturated heterocycles. The van der Waals surface area contributed by atoms with E-state index < -0.39 is 0 Å². The summed E-state index contributed by atoms with van der Waals surface area (Å²) in [4.78, 5) is 0. The summed E-state index contributed by atoms with van der Waals surface area (Å²) in [7, 11) is 0. The van der Waals surface area contributed by atoms with E-state index >= 15 is 0 Å². The first kappa shape index (κ1) is 23.0. The van der Waals surface area contributed by atoms with Crippen LogP contribution in [0.3, 0.4) is 0 Å². The van der Waals surface area contributed by atoms with Crippen molar-refractivity contribution in [2.45, 2.75) is 65.2 Å². The smallest absolute Gasteiger partial charge is 0.0864 e. The summed E-state index contributed by atoms with van der Waals surface area (Å²) in [5.74, 6) is 1.07. The third kappa shape index (κ3) is 10.2. The van der Waals surface area contributed by atoms with Crippen molar-refractivity contribution in [1.29, 1.82) is 0 Å². The number of benzene rings is 2. The van der Waals surface area contributed by atoms with Crippen LogP contribution in [0.2, 0.25) is 0 Å². The molecular weight excluding hydrogens is 352 g/mol. The number of allylic oxidation sites excluding steroid dienone is 2. The van der Waals surface area contributed by atoms with Crippen LogP contribution in [-0.4, -0.2) is 0 Å². The van der Waals surface area contributed by atoms with Gasteiger partial charge in [-0.25, -0.2) is 0 Å². The molecule has 2 atom stereocenters. The second-order valence-corrected chi connectivity index (χ2v) is 7.98. The van der Waals surface area contributed by atoms with E-state index in [1.807, 2.05) is 12.5 Å². The minimum absolute atomic E-state index is 0.533. The molecule has 1 nitrogen and oxygen atoms in total. The average molecular weight is 391 g/mol. The van der Waals surface area contributed by atoms with Gasteiger partial charge in [0.2, 0.25) is 0 Å². The van der Waals surface area contributed by atoms with Crippen LogP contribution in [0.15, 0.2) is 85.3 Å². The molecule has 0 amide bonds. The normalized spacial score (nSPS) is 13.7. The fourth-order valence-corrected chi connectivity index (χ4v) is 3.66. The van der Waals surface area contributed by atoms with Crippen molar-refractivity contribution < 1.29 is 4.74 Å². The highest BCUT2D eigenvalue weighted by Gasteiger charge is 2.07. The largest absolute Gasteiger partial charge is 0.473 e. The number of hydrogen-bond acceptors (Lipinski definition) is 1. The monoisotopic (exact) mass is 390 g/mol. The third-order valence-corrected chi connectivity index (χ3v) is 5.40. The second kappa shape index (κ2) is 14.7. The van der Waals surface area contributed by atoms with Crippen LogP contribution < -0.4 is 0 Å². The van der Waals surface area contributed by atoms with Crippen LogP contribution >= 0.6 is 0 Å². The molecule has 0 saturated carbocycles. The quantitative estimate of drug-likeness (QED) is 0.296. The zero-order valence-electron chi connectivity index (χ0n) is 18.3. The highest BCUT2D eigenvalue weighted by atomic mass is 16.5. The van der Waals surface area contributed by atoms with E-state index in [0.717, 1.165) is 12.8 Å². The van der Waals surface area contributed by atoms with Gasteiger partial charge in [0.25, 0.3) is 0 Å². The summed E-state index contributed by atoms with van der Waals surface area (Å²) in [6.07, 6.45) is 17.8. The molecular formula is C28H38O. The lowest BCUT2D eigenvalue weighted by atomic mass is 9.94. The van der Waals surface area contributed by atoms with Crippen LogP contribution in [-0.2, 0) is 17.6 Å². The Hall–Kier alpha value is -2.28. The number of hydrogen-bond donors (Lipinski definition) is 0. The van der Waals surface area contributed by atoms with Gasteiger partial charge in [-0.2, -0.15) is 0 Å². The molecule has 2 rings (SSSR count). The number of rotatable bonds is 14. The zero-order valence-corrected chi connectivity index (χ0v) is 18.3. The molecule has 2 aromatic carbocycles. The highest BCUT2D eigenvalue weighted by Crippen LogP contribution is 2.18. The molecule has 0 fully saturated rings. The molecule has 0 aliphatic heterocycles. The van der Waals surface area contributed by atoms with Crippen molar-refractivity contribution in [3.05, 3.63) is 96.5 Å². The Labute approximate surface area is 178 Å². The van der Waals surface area contributed by atoms with Crippen LogP contribution in [0, 0.1) is 11.8 Å². The summed E-state index contributed by atoms with van der Waals surface area (Å²) in [6.45, 7) is 4.51. The highest BCUT2D eigenvalue weighted by molar-refractivity contribution is 5.17. The summed E-state index contributed by atoms with van der Waals surface area (Å²) in [5.41, 5.74) is 2.80. The maximum atomic E-state index is 5.77. The molecule has 0 aromatic heterocycles. The van der Waals surface area contributed by atoms with E-state index in [1.165, 1.54) is 49.7 Å². The Morgan fingerprint density at radius 3 is 1.45 bits per heavy atom. The molecule has 0 heterocycles. The van der Waals surface area contributed by atoms with Crippen LogP contribution in [0.1, 0.15) is 63.5 Å². The maximum absolute atomic E-state index is 5.77. The van der Waals surface area contributed by atoms with Gasteiger partial charge in [-0.15, -0.1) is 0 Å². The topological polar surface area (TPSA) is 9.23 Å². The van der Waals surface area contributed by atoms with E-state index in [4.69, 9.17) is 4.74 Å².